The van der Waals surface area contributed by atoms with Gasteiger partial charge in [-0.05, 0) is 54.7 Å². The van der Waals surface area contributed by atoms with Crippen LogP contribution in [0.3, 0.4) is 0 Å². The molecule has 170 valence electrons. The smallest absolute Gasteiger partial charge is 0.343 e. The van der Waals surface area contributed by atoms with E-state index in [2.05, 4.69) is 0 Å². The van der Waals surface area contributed by atoms with Crippen molar-refractivity contribution in [3.05, 3.63) is 103 Å². The average molecular weight is 475 g/mol. The number of aromatic nitrogens is 1. The molecule has 0 saturated carbocycles. The maximum absolute atomic E-state index is 13.7. The summed E-state index contributed by atoms with van der Waals surface area (Å²) in [5, 5.41) is 11.9. The van der Waals surface area contributed by atoms with Crippen molar-refractivity contribution in [3.8, 4) is 16.9 Å². The summed E-state index contributed by atoms with van der Waals surface area (Å²) in [5.74, 6) is -0.660. The van der Waals surface area contributed by atoms with Crippen LogP contribution in [0.5, 0.6) is 5.75 Å². The van der Waals surface area contributed by atoms with Gasteiger partial charge in [-0.15, -0.1) is 0 Å². The predicted octanol–water partition coefficient (Wildman–Crippen LogP) is 5.70. The Hall–Kier alpha value is -3.97. The zero-order valence-electron chi connectivity index (χ0n) is 18.2. The number of aryl methyl sites for hydroxylation is 3. The van der Waals surface area contributed by atoms with Crippen LogP contribution in [-0.2, 0) is 13.0 Å². The Kier molecular flexibility index (Phi) is 5.42. The van der Waals surface area contributed by atoms with Crippen LogP contribution in [0.25, 0.3) is 22.0 Å². The molecule has 5 rings (SSSR count). The van der Waals surface area contributed by atoms with Gasteiger partial charge >= 0.3 is 5.97 Å². The number of nitro benzene ring substituents is 1. The molecular weight excluding hydrogens is 456 g/mol. The average Bonchev–Trinajstić information content (AvgIpc) is 2.82. The number of ether oxygens (including phenoxy) is 1. The normalized spacial score (nSPS) is 12.5. The summed E-state index contributed by atoms with van der Waals surface area (Å²) in [6, 6.07) is 16.7. The lowest BCUT2D eigenvalue weighted by Crippen LogP contribution is -2.27. The molecule has 1 aromatic heterocycles. The van der Waals surface area contributed by atoms with E-state index in [1.165, 1.54) is 12.1 Å². The van der Waals surface area contributed by atoms with Gasteiger partial charge in [0.25, 0.3) is 11.2 Å². The Bertz CT molecular complexity index is 1540. The molecule has 4 aromatic rings. The van der Waals surface area contributed by atoms with Gasteiger partial charge in [0.2, 0.25) is 0 Å². The molecule has 8 heteroatoms. The Morgan fingerprint density at radius 3 is 2.62 bits per heavy atom. The maximum Gasteiger partial charge on any atom is 0.343 e. The van der Waals surface area contributed by atoms with Gasteiger partial charge in [0.1, 0.15) is 5.02 Å². The van der Waals surface area contributed by atoms with Gasteiger partial charge in [-0.3, -0.25) is 14.9 Å². The summed E-state index contributed by atoms with van der Waals surface area (Å²) in [6.45, 7) is 2.53. The summed E-state index contributed by atoms with van der Waals surface area (Å²) in [5.41, 5.74) is 2.99. The number of carbonyl (C=O) groups is 1. The lowest BCUT2D eigenvalue weighted by molar-refractivity contribution is -0.384. The topological polar surface area (TPSA) is 91.4 Å². The van der Waals surface area contributed by atoms with E-state index in [9.17, 15) is 19.7 Å². The molecule has 0 saturated heterocycles. The minimum Gasteiger partial charge on any atom is -0.421 e. The van der Waals surface area contributed by atoms with Gasteiger partial charge in [0.15, 0.2) is 5.75 Å². The highest BCUT2D eigenvalue weighted by molar-refractivity contribution is 6.32. The van der Waals surface area contributed by atoms with E-state index in [0.29, 0.717) is 17.5 Å². The number of rotatable bonds is 4. The molecule has 0 unspecified atom stereocenters. The van der Waals surface area contributed by atoms with Crippen LogP contribution >= 0.6 is 11.6 Å². The molecule has 7 nitrogen and oxygen atoms in total. The van der Waals surface area contributed by atoms with E-state index in [4.69, 9.17) is 16.3 Å². The van der Waals surface area contributed by atoms with Crippen molar-refractivity contribution < 1.29 is 14.5 Å². The first kappa shape index (κ1) is 21.9. The summed E-state index contributed by atoms with van der Waals surface area (Å²) in [6.07, 6.45) is 1.66. The van der Waals surface area contributed by atoms with Crippen molar-refractivity contribution in [2.75, 3.05) is 0 Å². The molecule has 0 bridgehead atoms. The number of pyridine rings is 1. The number of hydrogen-bond donors (Lipinski definition) is 0. The van der Waals surface area contributed by atoms with E-state index in [1.54, 1.807) is 16.7 Å². The molecule has 1 aliphatic heterocycles. The molecule has 2 heterocycles. The first-order valence-electron chi connectivity index (χ1n) is 10.8. The van der Waals surface area contributed by atoms with Crippen LogP contribution < -0.4 is 10.3 Å². The summed E-state index contributed by atoms with van der Waals surface area (Å²) in [4.78, 5) is 37.5. The molecular formula is C26H19ClN2O5. The van der Waals surface area contributed by atoms with Crippen molar-refractivity contribution >= 4 is 34.2 Å². The van der Waals surface area contributed by atoms with Gasteiger partial charge in [-0.25, -0.2) is 4.79 Å². The highest BCUT2D eigenvalue weighted by Gasteiger charge is 2.26. The van der Waals surface area contributed by atoms with Gasteiger partial charge in [-0.1, -0.05) is 48.0 Å². The number of hydrogen-bond acceptors (Lipinski definition) is 5. The van der Waals surface area contributed by atoms with Crippen LogP contribution in [0.2, 0.25) is 5.02 Å². The first-order valence-corrected chi connectivity index (χ1v) is 11.1. The largest absolute Gasteiger partial charge is 0.421 e. The molecule has 0 radical (unpaired) electrons. The van der Waals surface area contributed by atoms with Gasteiger partial charge in [-0.2, -0.15) is 0 Å². The van der Waals surface area contributed by atoms with Crippen molar-refractivity contribution in [3.63, 3.8) is 0 Å². The predicted molar refractivity (Wildman–Crippen MR) is 130 cm³/mol. The van der Waals surface area contributed by atoms with Crippen LogP contribution in [-0.4, -0.2) is 15.5 Å². The van der Waals surface area contributed by atoms with Gasteiger partial charge < -0.3 is 9.30 Å². The monoisotopic (exact) mass is 474 g/mol. The number of halogens is 1. The lowest BCUT2D eigenvalue weighted by atomic mass is 9.95. The minimum absolute atomic E-state index is 0.0348. The molecule has 0 fully saturated rings. The number of carbonyl (C=O) groups excluding carboxylic acids is 1. The number of nitro groups is 1. The Morgan fingerprint density at radius 1 is 1.12 bits per heavy atom. The fourth-order valence-electron chi connectivity index (χ4n) is 4.54. The Labute approximate surface area is 199 Å². The second kappa shape index (κ2) is 8.43. The molecule has 1 aliphatic rings. The Balaban J connectivity index is 1.76. The third-order valence-corrected chi connectivity index (χ3v) is 6.32. The maximum atomic E-state index is 13.7. The summed E-state index contributed by atoms with van der Waals surface area (Å²) < 4.78 is 7.62. The molecule has 0 atom stereocenters. The van der Waals surface area contributed by atoms with E-state index >= 15 is 0 Å². The fourth-order valence-corrected chi connectivity index (χ4v) is 4.73. The standard InChI is InChI=1S/C26H19ClN2O5/c1-15-12-17-8-5-11-28-23(17)19(13-15)24(22(25(28)30)16-6-3-2-4-7-16)34-26(31)18-9-10-20(27)21(14-18)29(32)33/h2-4,6-7,9-10,12-14H,5,8,11H2,1H3. The quantitative estimate of drug-likeness (QED) is 0.215. The second-order valence-corrected chi connectivity index (χ2v) is 8.67. The van der Waals surface area contributed by atoms with Crippen LogP contribution in [0, 0.1) is 17.0 Å². The van der Waals surface area contributed by atoms with Gasteiger partial charge in [0, 0.05) is 18.0 Å². The molecule has 0 N–H and O–H groups in total. The van der Waals surface area contributed by atoms with Crippen molar-refractivity contribution in [1.82, 2.24) is 4.57 Å². The van der Waals surface area contributed by atoms with Crippen LogP contribution in [0.1, 0.15) is 27.9 Å². The van der Waals surface area contributed by atoms with E-state index in [0.717, 1.165) is 35.6 Å². The van der Waals surface area contributed by atoms with E-state index in [1.807, 2.05) is 37.3 Å². The second-order valence-electron chi connectivity index (χ2n) is 8.26. The number of esters is 1. The third-order valence-electron chi connectivity index (χ3n) is 6.00. The summed E-state index contributed by atoms with van der Waals surface area (Å²) in [7, 11) is 0. The fraction of sp³-hybridized carbons (Fsp3) is 0.154. The van der Waals surface area contributed by atoms with Crippen molar-refractivity contribution in [2.45, 2.75) is 26.3 Å². The molecule has 0 amide bonds. The van der Waals surface area contributed by atoms with Crippen LogP contribution in [0.15, 0.2) is 65.5 Å². The number of benzene rings is 3. The SMILES string of the molecule is Cc1cc2c3c(c1)c(OC(=O)c1ccc(Cl)c([N+](=O)[O-])c1)c(-c1ccccc1)c(=O)n3CCC2. The van der Waals surface area contributed by atoms with Gasteiger partial charge in [0.05, 0.1) is 21.6 Å². The lowest BCUT2D eigenvalue weighted by Gasteiger charge is -2.23. The van der Waals surface area contributed by atoms with E-state index in [-0.39, 0.29) is 27.5 Å². The third kappa shape index (κ3) is 3.64. The molecule has 0 aliphatic carbocycles. The highest BCUT2D eigenvalue weighted by atomic mass is 35.5. The molecule has 0 spiro atoms. The first-order chi connectivity index (χ1) is 16.3. The minimum atomic E-state index is -0.810. The zero-order valence-corrected chi connectivity index (χ0v) is 19.0. The molecule has 3 aromatic carbocycles. The highest BCUT2D eigenvalue weighted by Crippen LogP contribution is 2.38. The number of nitrogens with zero attached hydrogens (tertiary/aromatic N) is 2. The van der Waals surface area contributed by atoms with Crippen molar-refractivity contribution in [1.29, 1.82) is 0 Å². The zero-order chi connectivity index (χ0) is 24.0. The summed E-state index contributed by atoms with van der Waals surface area (Å²) >= 11 is 5.90. The van der Waals surface area contributed by atoms with Crippen molar-refractivity contribution in [2.24, 2.45) is 0 Å². The van der Waals surface area contributed by atoms with E-state index < -0.39 is 16.6 Å². The molecule has 34 heavy (non-hydrogen) atoms. The van der Waals surface area contributed by atoms with Crippen LogP contribution in [0.4, 0.5) is 5.69 Å². The Morgan fingerprint density at radius 2 is 1.88 bits per heavy atom.